The van der Waals surface area contributed by atoms with E-state index >= 15 is 0 Å². The van der Waals surface area contributed by atoms with Crippen molar-refractivity contribution in [2.75, 3.05) is 26.8 Å². The van der Waals surface area contributed by atoms with Crippen LogP contribution < -0.4 is 5.32 Å². The van der Waals surface area contributed by atoms with E-state index in [4.69, 9.17) is 21.3 Å². The third kappa shape index (κ3) is 7.56. The second-order valence-corrected chi connectivity index (χ2v) is 6.69. The lowest BCUT2D eigenvalue weighted by Gasteiger charge is -2.23. The molecule has 28 heavy (non-hydrogen) atoms. The first-order valence-electron chi connectivity index (χ1n) is 9.18. The fourth-order valence-corrected chi connectivity index (χ4v) is 2.72. The van der Waals surface area contributed by atoms with Gasteiger partial charge in [-0.25, -0.2) is 4.99 Å². The fraction of sp³-hybridized carbons (Fsp3) is 0.526. The van der Waals surface area contributed by atoms with E-state index in [1.165, 1.54) is 0 Å². The number of benzene rings is 1. The van der Waals surface area contributed by atoms with Gasteiger partial charge in [0.15, 0.2) is 11.8 Å². The molecule has 0 aliphatic heterocycles. The number of rotatable bonds is 9. The number of hydrogen-bond donors (Lipinski definition) is 1. The van der Waals surface area contributed by atoms with Crippen molar-refractivity contribution < 1.29 is 4.74 Å². The van der Waals surface area contributed by atoms with Crippen molar-refractivity contribution in [1.82, 2.24) is 25.0 Å². The second kappa shape index (κ2) is 12.9. The highest BCUT2D eigenvalue weighted by atomic mass is 127. The summed E-state index contributed by atoms with van der Waals surface area (Å²) in [5.74, 6) is 2.50. The zero-order chi connectivity index (χ0) is 19.6. The first-order valence-corrected chi connectivity index (χ1v) is 9.56. The third-order valence-corrected chi connectivity index (χ3v) is 4.60. The Hall–Kier alpha value is -1.39. The van der Waals surface area contributed by atoms with Crippen LogP contribution in [0.2, 0.25) is 5.02 Å². The number of nitrogens with zero attached hydrogens (tertiary/aromatic N) is 5. The number of ether oxygens (including phenoxy) is 1. The maximum Gasteiger partial charge on any atom is 0.194 e. The molecule has 0 spiro atoms. The smallest absolute Gasteiger partial charge is 0.194 e. The Labute approximate surface area is 189 Å². The van der Waals surface area contributed by atoms with Gasteiger partial charge in [0.1, 0.15) is 12.4 Å². The minimum atomic E-state index is 0. The van der Waals surface area contributed by atoms with Crippen molar-refractivity contribution in [2.24, 2.45) is 12.0 Å². The van der Waals surface area contributed by atoms with E-state index in [1.807, 2.05) is 56.8 Å². The Morgan fingerprint density at radius 3 is 2.71 bits per heavy atom. The highest BCUT2D eigenvalue weighted by molar-refractivity contribution is 14.0. The van der Waals surface area contributed by atoms with Crippen LogP contribution in [0.15, 0.2) is 29.3 Å². The molecule has 9 heteroatoms. The van der Waals surface area contributed by atoms with E-state index < -0.39 is 0 Å². The molecule has 156 valence electrons. The monoisotopic (exact) mass is 520 g/mol. The Morgan fingerprint density at radius 2 is 2.07 bits per heavy atom. The van der Waals surface area contributed by atoms with Crippen molar-refractivity contribution in [3.8, 4) is 0 Å². The molecule has 0 saturated carbocycles. The third-order valence-electron chi connectivity index (χ3n) is 4.23. The highest BCUT2D eigenvalue weighted by Crippen LogP contribution is 2.16. The fourth-order valence-electron chi connectivity index (χ4n) is 2.52. The highest BCUT2D eigenvalue weighted by Gasteiger charge is 2.11. The van der Waals surface area contributed by atoms with Crippen LogP contribution in [0.5, 0.6) is 0 Å². The Kier molecular flexibility index (Phi) is 11.4. The molecular formula is C19H30ClIN6O. The summed E-state index contributed by atoms with van der Waals surface area (Å²) < 4.78 is 7.35. The summed E-state index contributed by atoms with van der Waals surface area (Å²) in [6, 6.07) is 7.85. The summed E-state index contributed by atoms with van der Waals surface area (Å²) in [7, 11) is 3.95. The van der Waals surface area contributed by atoms with Gasteiger partial charge >= 0.3 is 0 Å². The van der Waals surface area contributed by atoms with Gasteiger partial charge in [-0.15, -0.1) is 34.2 Å². The van der Waals surface area contributed by atoms with Gasteiger partial charge in [0, 0.05) is 45.4 Å². The number of aliphatic imine (C=N–C) groups is 1. The van der Waals surface area contributed by atoms with Crippen molar-refractivity contribution in [3.05, 3.63) is 46.5 Å². The van der Waals surface area contributed by atoms with Gasteiger partial charge in [-0.3, -0.25) is 0 Å². The maximum absolute atomic E-state index is 6.31. The summed E-state index contributed by atoms with van der Waals surface area (Å²) in [5, 5.41) is 12.4. The normalized spacial score (nSPS) is 11.2. The van der Waals surface area contributed by atoms with Gasteiger partial charge < -0.3 is 19.5 Å². The first-order chi connectivity index (χ1) is 13.0. The lowest BCUT2D eigenvalue weighted by Crippen LogP contribution is -2.39. The van der Waals surface area contributed by atoms with E-state index in [0.717, 1.165) is 54.4 Å². The molecule has 0 bridgehead atoms. The van der Waals surface area contributed by atoms with Gasteiger partial charge in [-0.2, -0.15) is 0 Å². The summed E-state index contributed by atoms with van der Waals surface area (Å²) >= 11 is 6.31. The molecule has 1 aromatic heterocycles. The van der Waals surface area contributed by atoms with Crippen LogP contribution >= 0.6 is 35.6 Å². The zero-order valence-corrected chi connectivity index (χ0v) is 20.1. The Bertz CT molecular complexity index is 752. The summed E-state index contributed by atoms with van der Waals surface area (Å²) in [6.45, 7) is 7.29. The average Bonchev–Trinajstić information content (AvgIpc) is 2.97. The molecular weight excluding hydrogens is 491 g/mol. The van der Waals surface area contributed by atoms with Crippen LogP contribution in [0, 0.1) is 6.92 Å². The molecule has 0 atom stereocenters. The van der Waals surface area contributed by atoms with Crippen LogP contribution in [0.3, 0.4) is 0 Å². The van der Waals surface area contributed by atoms with E-state index in [0.29, 0.717) is 13.1 Å². The summed E-state index contributed by atoms with van der Waals surface area (Å²) in [6.07, 6.45) is 0.913. The van der Waals surface area contributed by atoms with Crippen molar-refractivity contribution in [1.29, 1.82) is 0 Å². The lowest BCUT2D eigenvalue weighted by molar-refractivity contribution is 0.145. The molecule has 0 amide bonds. The van der Waals surface area contributed by atoms with Crippen LogP contribution in [-0.2, 0) is 24.9 Å². The van der Waals surface area contributed by atoms with Gasteiger partial charge in [0.2, 0.25) is 0 Å². The molecule has 0 unspecified atom stereocenters. The van der Waals surface area contributed by atoms with Crippen molar-refractivity contribution >= 4 is 41.5 Å². The van der Waals surface area contributed by atoms with Crippen molar-refractivity contribution in [2.45, 2.75) is 33.4 Å². The predicted octanol–water partition coefficient (Wildman–Crippen LogP) is 3.40. The van der Waals surface area contributed by atoms with E-state index in [1.54, 1.807) is 0 Å². The SMILES string of the molecule is CCOCCCNC(=NCc1nnc(C)n1C)N(C)Cc1ccccc1Cl.I. The molecule has 1 heterocycles. The van der Waals surface area contributed by atoms with Crippen molar-refractivity contribution in [3.63, 3.8) is 0 Å². The first kappa shape index (κ1) is 24.6. The number of aryl methyl sites for hydroxylation is 1. The quantitative estimate of drug-likeness (QED) is 0.238. The molecule has 0 aliphatic carbocycles. The number of nitrogens with one attached hydrogen (secondary N) is 1. The van der Waals surface area contributed by atoms with Crippen LogP contribution in [0.1, 0.15) is 30.6 Å². The molecule has 0 aliphatic rings. The minimum Gasteiger partial charge on any atom is -0.382 e. The number of hydrogen-bond acceptors (Lipinski definition) is 4. The van der Waals surface area contributed by atoms with Crippen LogP contribution in [0.4, 0.5) is 0 Å². The van der Waals surface area contributed by atoms with Gasteiger partial charge in [-0.05, 0) is 31.9 Å². The molecule has 0 saturated heterocycles. The largest absolute Gasteiger partial charge is 0.382 e. The molecule has 7 nitrogen and oxygen atoms in total. The molecule has 0 fully saturated rings. The molecule has 2 rings (SSSR count). The van der Waals surface area contributed by atoms with Gasteiger partial charge in [0.05, 0.1) is 0 Å². The van der Waals surface area contributed by atoms with E-state index in [9.17, 15) is 0 Å². The average molecular weight is 521 g/mol. The number of guanidine groups is 1. The standard InChI is InChI=1S/C19H29ClN6O.HI/c1-5-27-12-8-11-21-19(22-13-18-24-23-15(2)26(18)4)25(3)14-16-9-6-7-10-17(16)20;/h6-7,9-10H,5,8,11-14H2,1-4H3,(H,21,22);1H. The Morgan fingerprint density at radius 1 is 1.32 bits per heavy atom. The zero-order valence-electron chi connectivity index (χ0n) is 17.0. The van der Waals surface area contributed by atoms with Crippen LogP contribution in [-0.4, -0.2) is 52.4 Å². The number of halogens is 2. The van der Waals surface area contributed by atoms with Crippen LogP contribution in [0.25, 0.3) is 0 Å². The molecule has 0 radical (unpaired) electrons. The number of aromatic nitrogens is 3. The predicted molar refractivity (Wildman–Crippen MR) is 124 cm³/mol. The minimum absolute atomic E-state index is 0. The van der Waals surface area contributed by atoms with E-state index in [2.05, 4.69) is 20.4 Å². The second-order valence-electron chi connectivity index (χ2n) is 6.29. The van der Waals surface area contributed by atoms with Gasteiger partial charge in [-0.1, -0.05) is 29.8 Å². The summed E-state index contributed by atoms with van der Waals surface area (Å²) in [4.78, 5) is 6.80. The molecule has 1 aromatic carbocycles. The van der Waals surface area contributed by atoms with E-state index in [-0.39, 0.29) is 24.0 Å². The Balaban J connectivity index is 0.00000392. The molecule has 2 aromatic rings. The lowest BCUT2D eigenvalue weighted by atomic mass is 10.2. The maximum atomic E-state index is 6.31. The topological polar surface area (TPSA) is 67.6 Å². The molecule has 1 N–H and O–H groups in total. The van der Waals surface area contributed by atoms with Gasteiger partial charge in [0.25, 0.3) is 0 Å². The summed E-state index contributed by atoms with van der Waals surface area (Å²) in [5.41, 5.74) is 1.06.